The maximum atomic E-state index is 12.6. The highest BCUT2D eigenvalue weighted by Crippen LogP contribution is 2.48. The van der Waals surface area contributed by atoms with E-state index in [1.165, 1.54) is 6.20 Å². The van der Waals surface area contributed by atoms with Crippen molar-refractivity contribution in [3.63, 3.8) is 0 Å². The molecule has 1 aliphatic rings. The zero-order valence-electron chi connectivity index (χ0n) is 16.1. The Morgan fingerprint density at radius 1 is 1.23 bits per heavy atom. The lowest BCUT2D eigenvalue weighted by Gasteiger charge is -2.14. The number of hydrogen-bond acceptors (Lipinski definition) is 5. The average Bonchev–Trinajstić information content (AvgIpc) is 3.53. The van der Waals surface area contributed by atoms with Gasteiger partial charge >= 0.3 is 6.18 Å². The molecule has 0 radical (unpaired) electrons. The molecule has 2 aromatic heterocycles. The molecule has 0 saturated heterocycles. The minimum Gasteiger partial charge on any atom is -0.467 e. The molecule has 0 spiro atoms. The van der Waals surface area contributed by atoms with Gasteiger partial charge in [-0.1, -0.05) is 18.2 Å². The number of rotatable bonds is 6. The average molecular weight is 416 g/mol. The number of hydrogen-bond donors (Lipinski definition) is 1. The zero-order valence-corrected chi connectivity index (χ0v) is 16.1. The molecule has 156 valence electrons. The molecule has 1 amide bonds. The molecule has 4 rings (SSSR count). The number of alkyl halides is 3. The summed E-state index contributed by atoms with van der Waals surface area (Å²) in [5.74, 6) is -0.293. The third-order valence-corrected chi connectivity index (χ3v) is 5.02. The quantitative estimate of drug-likeness (QED) is 0.659. The molecular formula is C21H19F3N4O2. The summed E-state index contributed by atoms with van der Waals surface area (Å²) in [7, 11) is 0. The highest BCUT2D eigenvalue weighted by Gasteiger charge is 2.44. The Balaban J connectivity index is 1.33. The smallest absolute Gasteiger partial charge is 0.422 e. The lowest BCUT2D eigenvalue weighted by molar-refractivity contribution is -0.154. The van der Waals surface area contributed by atoms with Gasteiger partial charge in [-0.3, -0.25) is 14.8 Å². The fraction of sp³-hybridized carbons (Fsp3) is 0.333. The minimum atomic E-state index is -4.44. The lowest BCUT2D eigenvalue weighted by atomic mass is 10.1. The Labute approximate surface area is 170 Å². The van der Waals surface area contributed by atoms with Crippen LogP contribution in [0.15, 0.2) is 48.9 Å². The number of benzene rings is 1. The summed E-state index contributed by atoms with van der Waals surface area (Å²) in [6.07, 6.45) is 0.476. The molecule has 0 aliphatic heterocycles. The first-order valence-electron chi connectivity index (χ1n) is 9.47. The molecule has 0 unspecified atom stereocenters. The van der Waals surface area contributed by atoms with Gasteiger partial charge in [-0.05, 0) is 37.0 Å². The van der Waals surface area contributed by atoms with Crippen molar-refractivity contribution in [3.05, 3.63) is 60.2 Å². The fourth-order valence-electron chi connectivity index (χ4n) is 3.34. The zero-order chi connectivity index (χ0) is 21.3. The third kappa shape index (κ3) is 4.67. The summed E-state index contributed by atoms with van der Waals surface area (Å²) in [6.45, 7) is 0.316. The Kier molecular flexibility index (Phi) is 5.27. The van der Waals surface area contributed by atoms with Gasteiger partial charge in [0, 0.05) is 17.5 Å². The molecular weight excluding hydrogens is 397 g/mol. The first kappa shape index (κ1) is 20.1. The van der Waals surface area contributed by atoms with Crippen molar-refractivity contribution >= 4 is 16.8 Å². The van der Waals surface area contributed by atoms with E-state index in [1.807, 2.05) is 30.3 Å². The summed E-state index contributed by atoms with van der Waals surface area (Å²) in [6, 6.07) is 9.49. The Morgan fingerprint density at radius 3 is 2.80 bits per heavy atom. The van der Waals surface area contributed by atoms with Crippen LogP contribution in [0.5, 0.6) is 5.88 Å². The van der Waals surface area contributed by atoms with Crippen molar-refractivity contribution in [1.29, 1.82) is 0 Å². The van der Waals surface area contributed by atoms with Gasteiger partial charge in [-0.2, -0.15) is 13.2 Å². The number of nitrogens with one attached hydrogen (secondary N) is 1. The van der Waals surface area contributed by atoms with E-state index in [9.17, 15) is 18.0 Å². The van der Waals surface area contributed by atoms with Gasteiger partial charge in [0.2, 0.25) is 11.8 Å². The number of nitrogens with zero attached hydrogens (tertiary/aromatic N) is 3. The maximum absolute atomic E-state index is 12.6. The van der Waals surface area contributed by atoms with Crippen molar-refractivity contribution in [2.75, 3.05) is 6.61 Å². The normalized spacial score (nSPS) is 19.3. The predicted molar refractivity (Wildman–Crippen MR) is 103 cm³/mol. The minimum absolute atomic E-state index is 0.0900. The van der Waals surface area contributed by atoms with Crippen molar-refractivity contribution in [3.8, 4) is 5.88 Å². The number of ether oxygens (including phenoxy) is 1. The van der Waals surface area contributed by atoms with E-state index in [1.54, 1.807) is 13.1 Å². The predicted octanol–water partition coefficient (Wildman–Crippen LogP) is 3.95. The number of amides is 1. The summed E-state index contributed by atoms with van der Waals surface area (Å²) in [5, 5.41) is 3.95. The highest BCUT2D eigenvalue weighted by atomic mass is 19.4. The fourth-order valence-corrected chi connectivity index (χ4v) is 3.34. The number of carbonyl (C=O) groups excluding carboxylic acids is 1. The van der Waals surface area contributed by atoms with Gasteiger partial charge in [-0.15, -0.1) is 0 Å². The molecule has 1 fully saturated rings. The van der Waals surface area contributed by atoms with Gasteiger partial charge in [0.05, 0.1) is 29.6 Å². The Hall–Kier alpha value is -3.23. The van der Waals surface area contributed by atoms with Gasteiger partial charge < -0.3 is 10.1 Å². The van der Waals surface area contributed by atoms with Crippen LogP contribution < -0.4 is 10.1 Å². The van der Waals surface area contributed by atoms with Crippen LogP contribution in [-0.2, 0) is 4.79 Å². The second-order valence-electron chi connectivity index (χ2n) is 7.32. The molecule has 1 N–H and O–H groups in total. The molecule has 1 aliphatic carbocycles. The van der Waals surface area contributed by atoms with Crippen molar-refractivity contribution in [2.45, 2.75) is 31.5 Å². The highest BCUT2D eigenvalue weighted by molar-refractivity contribution is 5.84. The van der Waals surface area contributed by atoms with Gasteiger partial charge in [-0.25, -0.2) is 4.98 Å². The van der Waals surface area contributed by atoms with Crippen LogP contribution in [0.3, 0.4) is 0 Å². The van der Waals surface area contributed by atoms with E-state index < -0.39 is 18.8 Å². The van der Waals surface area contributed by atoms with Gasteiger partial charge in [0.1, 0.15) is 0 Å². The Bertz CT molecular complexity index is 1060. The van der Waals surface area contributed by atoms with Crippen molar-refractivity contribution in [1.82, 2.24) is 20.3 Å². The molecule has 6 nitrogen and oxygen atoms in total. The van der Waals surface area contributed by atoms with Crippen LogP contribution in [0.4, 0.5) is 13.2 Å². The van der Waals surface area contributed by atoms with E-state index in [4.69, 9.17) is 0 Å². The second kappa shape index (κ2) is 7.89. The number of aromatic nitrogens is 3. The first-order valence-corrected chi connectivity index (χ1v) is 9.47. The lowest BCUT2D eigenvalue weighted by Crippen LogP contribution is -2.29. The molecule has 1 saturated carbocycles. The van der Waals surface area contributed by atoms with Crippen LogP contribution in [0.2, 0.25) is 0 Å². The summed E-state index contributed by atoms with van der Waals surface area (Å²) < 4.78 is 41.1. The molecule has 1 aromatic carbocycles. The molecule has 2 heterocycles. The van der Waals surface area contributed by atoms with Gasteiger partial charge in [0.25, 0.3) is 0 Å². The molecule has 3 atom stereocenters. The summed E-state index contributed by atoms with van der Waals surface area (Å²) in [4.78, 5) is 24.8. The number of halogens is 3. The number of fused-ring (bicyclic) bond motifs is 1. The molecule has 30 heavy (non-hydrogen) atoms. The van der Waals surface area contributed by atoms with Crippen LogP contribution in [0.1, 0.15) is 36.6 Å². The van der Waals surface area contributed by atoms with Crippen LogP contribution >= 0.6 is 0 Å². The largest absolute Gasteiger partial charge is 0.467 e. The van der Waals surface area contributed by atoms with Crippen LogP contribution in [0, 0.1) is 5.92 Å². The summed E-state index contributed by atoms with van der Waals surface area (Å²) >= 11 is 0. The van der Waals surface area contributed by atoms with Crippen LogP contribution in [0.25, 0.3) is 10.9 Å². The monoisotopic (exact) mass is 416 g/mol. The van der Waals surface area contributed by atoms with Crippen molar-refractivity contribution < 1.29 is 22.7 Å². The van der Waals surface area contributed by atoms with E-state index in [0.717, 1.165) is 29.1 Å². The SMILES string of the molecule is C[C@@H](NC(=O)[C@@H]1C[C@H]1c1ccc2cccnc2c1)c1cnc(OCC(F)(F)F)cn1. The summed E-state index contributed by atoms with van der Waals surface area (Å²) in [5.41, 5.74) is 2.42. The molecule has 0 bridgehead atoms. The van der Waals surface area contributed by atoms with E-state index in [0.29, 0.717) is 5.69 Å². The first-order chi connectivity index (χ1) is 14.3. The molecule has 3 aromatic rings. The number of carbonyl (C=O) groups is 1. The Morgan fingerprint density at radius 2 is 2.07 bits per heavy atom. The van der Waals surface area contributed by atoms with E-state index in [-0.39, 0.29) is 23.6 Å². The van der Waals surface area contributed by atoms with E-state index in [2.05, 4.69) is 25.0 Å². The maximum Gasteiger partial charge on any atom is 0.422 e. The molecule has 9 heteroatoms. The van der Waals surface area contributed by atoms with Crippen LogP contribution in [-0.4, -0.2) is 33.6 Å². The topological polar surface area (TPSA) is 77.0 Å². The third-order valence-electron chi connectivity index (χ3n) is 5.02. The van der Waals surface area contributed by atoms with Crippen molar-refractivity contribution in [2.24, 2.45) is 5.92 Å². The number of pyridine rings is 1. The van der Waals surface area contributed by atoms with E-state index >= 15 is 0 Å². The second-order valence-corrected chi connectivity index (χ2v) is 7.32. The standard InChI is InChI=1S/C21H19F3N4O2/c1-12(18-9-27-19(10-26-18)30-11-21(22,23)24)28-20(29)16-8-15(16)14-5-4-13-3-2-6-25-17(13)7-14/h2-7,9-10,12,15-16H,8,11H2,1H3,(H,28,29)/t12-,15+,16-/m1/s1. The van der Waals surface area contributed by atoms with Gasteiger partial charge in [0.15, 0.2) is 6.61 Å².